The van der Waals surface area contributed by atoms with Gasteiger partial charge >= 0.3 is 0 Å². The lowest BCUT2D eigenvalue weighted by Crippen LogP contribution is -2.48. The fourth-order valence-corrected chi connectivity index (χ4v) is 3.83. The van der Waals surface area contributed by atoms with E-state index in [1.54, 1.807) is 5.56 Å². The van der Waals surface area contributed by atoms with E-state index >= 15 is 0 Å². The van der Waals surface area contributed by atoms with Crippen LogP contribution in [0.1, 0.15) is 50.3 Å². The van der Waals surface area contributed by atoms with Gasteiger partial charge in [0.05, 0.1) is 0 Å². The molecule has 2 nitrogen and oxygen atoms in total. The summed E-state index contributed by atoms with van der Waals surface area (Å²) < 4.78 is 0. The molecule has 0 amide bonds. The summed E-state index contributed by atoms with van der Waals surface area (Å²) >= 11 is 0. The average Bonchev–Trinajstić information content (AvgIpc) is 3.28. The maximum Gasteiger partial charge on any atom is 0.0478 e. The van der Waals surface area contributed by atoms with Gasteiger partial charge in [-0.25, -0.2) is 0 Å². The van der Waals surface area contributed by atoms with E-state index in [-0.39, 0.29) is 0 Å². The summed E-state index contributed by atoms with van der Waals surface area (Å²) in [5.41, 5.74) is 3.07. The number of nitrogens with one attached hydrogen (secondary N) is 1. The summed E-state index contributed by atoms with van der Waals surface area (Å²) in [6, 6.07) is 11.0. The molecule has 1 saturated carbocycles. The molecule has 2 atom stereocenters. The monoisotopic (exact) mass is 272 g/mol. The lowest BCUT2D eigenvalue weighted by Gasteiger charge is -2.42. The van der Waals surface area contributed by atoms with E-state index in [1.807, 2.05) is 0 Å². The Balaban J connectivity index is 1.85. The van der Waals surface area contributed by atoms with Gasteiger partial charge in [-0.1, -0.05) is 38.1 Å². The van der Waals surface area contributed by atoms with Crippen molar-refractivity contribution in [2.75, 3.05) is 13.6 Å². The fourth-order valence-electron chi connectivity index (χ4n) is 3.83. The quantitative estimate of drug-likeness (QED) is 0.884. The fraction of sp³-hybridized carbons (Fsp3) is 0.667. The molecule has 1 aromatic rings. The van der Waals surface area contributed by atoms with Crippen molar-refractivity contribution in [1.29, 1.82) is 0 Å². The molecule has 1 N–H and O–H groups in total. The minimum atomic E-state index is 0.499. The second kappa shape index (κ2) is 5.87. The summed E-state index contributed by atoms with van der Waals surface area (Å²) in [6.07, 6.45) is 5.34. The zero-order valence-corrected chi connectivity index (χ0v) is 13.1. The van der Waals surface area contributed by atoms with Crippen LogP contribution < -0.4 is 5.32 Å². The number of hydrogen-bond acceptors (Lipinski definition) is 2. The van der Waals surface area contributed by atoms with Crippen molar-refractivity contribution in [2.45, 2.75) is 57.7 Å². The third-order valence-electron chi connectivity index (χ3n) is 4.81. The summed E-state index contributed by atoms with van der Waals surface area (Å²) in [5, 5.41) is 3.60. The van der Waals surface area contributed by atoms with Crippen LogP contribution in [0.25, 0.3) is 0 Å². The lowest BCUT2D eigenvalue weighted by molar-refractivity contribution is 0.119. The third-order valence-corrected chi connectivity index (χ3v) is 4.81. The number of likely N-dealkylation sites (N-methyl/N-ethyl adjacent to an activating group) is 1. The zero-order valence-electron chi connectivity index (χ0n) is 13.1. The first-order valence-corrected chi connectivity index (χ1v) is 8.21. The van der Waals surface area contributed by atoms with Gasteiger partial charge in [0.1, 0.15) is 0 Å². The minimum Gasteiger partial charge on any atom is -0.312 e. The first-order chi connectivity index (χ1) is 9.70. The van der Waals surface area contributed by atoms with Crippen LogP contribution in [0.4, 0.5) is 0 Å². The highest BCUT2D eigenvalue weighted by molar-refractivity contribution is 5.34. The summed E-state index contributed by atoms with van der Waals surface area (Å²) in [5.74, 6) is 0.755. The van der Waals surface area contributed by atoms with E-state index in [4.69, 9.17) is 0 Å². The molecule has 0 spiro atoms. The van der Waals surface area contributed by atoms with Crippen molar-refractivity contribution in [3.8, 4) is 0 Å². The van der Waals surface area contributed by atoms with E-state index in [1.165, 1.54) is 37.8 Å². The lowest BCUT2D eigenvalue weighted by atomic mass is 9.83. The van der Waals surface area contributed by atoms with Crippen molar-refractivity contribution >= 4 is 0 Å². The molecule has 0 heterocycles. The van der Waals surface area contributed by atoms with Gasteiger partial charge in [0, 0.05) is 24.7 Å². The van der Waals surface area contributed by atoms with Gasteiger partial charge in [-0.05, 0) is 49.8 Å². The second-order valence-electron chi connectivity index (χ2n) is 6.89. The van der Waals surface area contributed by atoms with Gasteiger partial charge in [0.2, 0.25) is 0 Å². The van der Waals surface area contributed by atoms with E-state index in [9.17, 15) is 0 Å². The highest BCUT2D eigenvalue weighted by Gasteiger charge is 2.39. The van der Waals surface area contributed by atoms with Crippen LogP contribution in [-0.2, 0) is 6.42 Å². The predicted molar refractivity (Wildman–Crippen MR) is 84.9 cm³/mol. The van der Waals surface area contributed by atoms with Gasteiger partial charge in [-0.2, -0.15) is 0 Å². The Labute approximate surface area is 123 Å². The maximum absolute atomic E-state index is 3.60. The van der Waals surface area contributed by atoms with Gasteiger partial charge in [0.25, 0.3) is 0 Å². The summed E-state index contributed by atoms with van der Waals surface area (Å²) in [6.45, 7) is 5.94. The maximum atomic E-state index is 3.60. The highest BCUT2D eigenvalue weighted by atomic mass is 15.2. The molecule has 1 aromatic carbocycles. The Hall–Kier alpha value is -0.860. The Bertz CT molecular complexity index is 450. The minimum absolute atomic E-state index is 0.499. The van der Waals surface area contributed by atoms with Crippen molar-refractivity contribution in [3.05, 3.63) is 35.4 Å². The molecule has 2 heteroatoms. The Morgan fingerprint density at radius 3 is 2.60 bits per heavy atom. The largest absolute Gasteiger partial charge is 0.312 e. The molecule has 0 aromatic heterocycles. The van der Waals surface area contributed by atoms with Crippen molar-refractivity contribution < 1.29 is 0 Å². The van der Waals surface area contributed by atoms with Crippen molar-refractivity contribution in [1.82, 2.24) is 10.2 Å². The Morgan fingerprint density at radius 1 is 1.20 bits per heavy atom. The highest BCUT2D eigenvalue weighted by Crippen LogP contribution is 2.38. The van der Waals surface area contributed by atoms with Crippen LogP contribution >= 0.6 is 0 Å². The zero-order chi connectivity index (χ0) is 14.1. The molecule has 0 saturated heterocycles. The van der Waals surface area contributed by atoms with Crippen LogP contribution in [-0.4, -0.2) is 30.6 Å². The smallest absolute Gasteiger partial charge is 0.0478 e. The molecule has 0 aliphatic heterocycles. The Kier molecular flexibility index (Phi) is 4.13. The van der Waals surface area contributed by atoms with Crippen LogP contribution in [0.3, 0.4) is 0 Å². The summed E-state index contributed by atoms with van der Waals surface area (Å²) in [4.78, 5) is 2.81. The molecule has 1 fully saturated rings. The molecule has 0 bridgehead atoms. The number of fused-ring (bicyclic) bond motifs is 1. The SMILES string of the molecule is CNC1c2ccccc2CCC1N(CC(C)C)C1CC1. The summed E-state index contributed by atoms with van der Waals surface area (Å²) in [7, 11) is 2.13. The number of rotatable bonds is 5. The molecule has 2 aliphatic rings. The number of aryl methyl sites for hydroxylation is 1. The third kappa shape index (κ3) is 2.77. The second-order valence-corrected chi connectivity index (χ2v) is 6.89. The predicted octanol–water partition coefficient (Wildman–Crippen LogP) is 3.38. The number of nitrogens with zero attached hydrogens (tertiary/aromatic N) is 1. The molecule has 3 rings (SSSR count). The molecule has 2 aliphatic carbocycles. The van der Waals surface area contributed by atoms with E-state index < -0.39 is 0 Å². The molecule has 110 valence electrons. The first-order valence-electron chi connectivity index (χ1n) is 8.21. The van der Waals surface area contributed by atoms with E-state index in [0.717, 1.165) is 12.0 Å². The topological polar surface area (TPSA) is 15.3 Å². The van der Waals surface area contributed by atoms with Crippen molar-refractivity contribution in [2.24, 2.45) is 5.92 Å². The first kappa shape index (κ1) is 14.1. The van der Waals surface area contributed by atoms with Crippen LogP contribution in [0.5, 0.6) is 0 Å². The molecular formula is C18H28N2. The van der Waals surface area contributed by atoms with Crippen LogP contribution in [0, 0.1) is 5.92 Å². The molecule has 0 radical (unpaired) electrons. The molecular weight excluding hydrogens is 244 g/mol. The number of benzene rings is 1. The average molecular weight is 272 g/mol. The van der Waals surface area contributed by atoms with Gasteiger partial charge in [-0.15, -0.1) is 0 Å². The number of hydrogen-bond donors (Lipinski definition) is 1. The van der Waals surface area contributed by atoms with E-state index in [2.05, 4.69) is 55.4 Å². The van der Waals surface area contributed by atoms with Crippen LogP contribution in [0.2, 0.25) is 0 Å². The van der Waals surface area contributed by atoms with E-state index in [0.29, 0.717) is 12.1 Å². The molecule has 20 heavy (non-hydrogen) atoms. The van der Waals surface area contributed by atoms with Crippen LogP contribution in [0.15, 0.2) is 24.3 Å². The van der Waals surface area contributed by atoms with Gasteiger partial charge < -0.3 is 5.32 Å². The Morgan fingerprint density at radius 2 is 1.95 bits per heavy atom. The van der Waals surface area contributed by atoms with Crippen molar-refractivity contribution in [3.63, 3.8) is 0 Å². The molecule has 2 unspecified atom stereocenters. The normalized spacial score (nSPS) is 26.1. The van der Waals surface area contributed by atoms with Gasteiger partial charge in [-0.3, -0.25) is 4.90 Å². The van der Waals surface area contributed by atoms with Gasteiger partial charge in [0.15, 0.2) is 0 Å². The standard InChI is InChI=1S/C18H28N2/c1-13(2)12-20(15-9-10-15)17-11-8-14-6-4-5-7-16(14)18(17)19-3/h4-7,13,15,17-19H,8-12H2,1-3H3.